The molecule has 0 saturated heterocycles. The lowest BCUT2D eigenvalue weighted by molar-refractivity contribution is 0.669. The number of nitrogens with zero attached hydrogens (tertiary/aromatic N) is 4. The monoisotopic (exact) mass is 688 g/mol. The Bertz CT molecular complexity index is 3440. The Labute approximate surface area is 308 Å². The molecule has 0 spiro atoms. The van der Waals surface area contributed by atoms with Gasteiger partial charge in [0.25, 0.3) is 0 Å². The van der Waals surface area contributed by atoms with E-state index in [4.69, 9.17) is 19.4 Å². The number of benzene rings is 9. The fourth-order valence-corrected chi connectivity index (χ4v) is 8.65. The van der Waals surface area contributed by atoms with Crippen molar-refractivity contribution in [1.82, 2.24) is 19.5 Å². The normalized spacial score (nSPS) is 12.1. The molecule has 0 fully saturated rings. The Kier molecular flexibility index (Phi) is 5.99. The first-order chi connectivity index (χ1) is 26.8. The van der Waals surface area contributed by atoms with Crippen molar-refractivity contribution in [1.29, 1.82) is 0 Å². The third-order valence-electron chi connectivity index (χ3n) is 11.0. The van der Waals surface area contributed by atoms with Gasteiger partial charge >= 0.3 is 0 Å². The molecule has 54 heavy (non-hydrogen) atoms. The van der Waals surface area contributed by atoms with Crippen LogP contribution in [0.1, 0.15) is 0 Å². The molecular formula is C49H28N4O. The predicted octanol–water partition coefficient (Wildman–Crippen LogP) is 12.8. The molecule has 250 valence electrons. The molecule has 0 saturated carbocycles. The van der Waals surface area contributed by atoms with Crippen LogP contribution in [0, 0.1) is 0 Å². The summed E-state index contributed by atoms with van der Waals surface area (Å²) in [6, 6.07) is 59.6. The average Bonchev–Trinajstić information content (AvgIpc) is 3.79. The Balaban J connectivity index is 1.12. The molecule has 0 aliphatic carbocycles. The van der Waals surface area contributed by atoms with Crippen molar-refractivity contribution in [3.05, 3.63) is 170 Å². The first kappa shape index (κ1) is 29.2. The smallest absolute Gasteiger partial charge is 0.167 e. The molecule has 0 bridgehead atoms. The van der Waals surface area contributed by atoms with Crippen LogP contribution in [0.3, 0.4) is 0 Å². The molecule has 3 heterocycles. The van der Waals surface area contributed by atoms with Crippen LogP contribution < -0.4 is 0 Å². The van der Waals surface area contributed by atoms with Gasteiger partial charge in [0, 0.05) is 43.7 Å². The van der Waals surface area contributed by atoms with E-state index >= 15 is 0 Å². The highest BCUT2D eigenvalue weighted by molar-refractivity contribution is 6.39. The maximum atomic E-state index is 6.45. The second-order valence-corrected chi connectivity index (χ2v) is 14.0. The number of hydrogen-bond donors (Lipinski definition) is 0. The first-order valence-electron chi connectivity index (χ1n) is 18.2. The van der Waals surface area contributed by atoms with E-state index in [1.807, 2.05) is 60.7 Å². The lowest BCUT2D eigenvalue weighted by atomic mass is 9.91. The molecule has 0 atom stereocenters. The van der Waals surface area contributed by atoms with Gasteiger partial charge in [-0.15, -0.1) is 0 Å². The summed E-state index contributed by atoms with van der Waals surface area (Å²) in [7, 11) is 0. The maximum absolute atomic E-state index is 6.45. The number of aromatic nitrogens is 4. The summed E-state index contributed by atoms with van der Waals surface area (Å²) in [5, 5.41) is 12.3. The third kappa shape index (κ3) is 4.12. The molecule has 0 radical (unpaired) electrons. The minimum atomic E-state index is 0.565. The second kappa shape index (κ2) is 11.1. The van der Waals surface area contributed by atoms with E-state index in [2.05, 4.69) is 114 Å². The van der Waals surface area contributed by atoms with Gasteiger partial charge in [0.15, 0.2) is 17.5 Å². The van der Waals surface area contributed by atoms with Crippen LogP contribution >= 0.6 is 0 Å². The quantitative estimate of drug-likeness (QED) is 0.173. The molecule has 0 unspecified atom stereocenters. The summed E-state index contributed by atoms with van der Waals surface area (Å²) in [6.07, 6.45) is 0. The zero-order chi connectivity index (χ0) is 35.3. The molecule has 0 aliphatic rings. The molecule has 0 amide bonds. The van der Waals surface area contributed by atoms with Crippen molar-refractivity contribution in [2.45, 2.75) is 0 Å². The van der Waals surface area contributed by atoms with Crippen LogP contribution in [-0.4, -0.2) is 19.5 Å². The molecule has 0 N–H and O–H groups in total. The highest BCUT2D eigenvalue weighted by atomic mass is 16.3. The van der Waals surface area contributed by atoms with Crippen LogP contribution in [0.5, 0.6) is 0 Å². The van der Waals surface area contributed by atoms with E-state index in [1.165, 1.54) is 54.1 Å². The largest absolute Gasteiger partial charge is 0.455 e. The van der Waals surface area contributed by atoms with Crippen LogP contribution in [0.2, 0.25) is 0 Å². The Morgan fingerprint density at radius 1 is 0.389 bits per heavy atom. The van der Waals surface area contributed by atoms with Gasteiger partial charge in [0.05, 0.1) is 16.6 Å². The maximum Gasteiger partial charge on any atom is 0.167 e. The fraction of sp³-hybridized carbons (Fsp3) is 0. The van der Waals surface area contributed by atoms with Gasteiger partial charge in [-0.3, -0.25) is 0 Å². The van der Waals surface area contributed by atoms with Crippen LogP contribution in [-0.2, 0) is 0 Å². The number of para-hydroxylation sites is 2. The van der Waals surface area contributed by atoms with Gasteiger partial charge in [-0.05, 0) is 63.3 Å². The average molecular weight is 689 g/mol. The Morgan fingerprint density at radius 3 is 1.91 bits per heavy atom. The number of hydrogen-bond acceptors (Lipinski definition) is 4. The van der Waals surface area contributed by atoms with Crippen molar-refractivity contribution >= 4 is 76.1 Å². The summed E-state index contributed by atoms with van der Waals surface area (Å²) >= 11 is 0. The Hall–Kier alpha value is -7.37. The molecule has 12 rings (SSSR count). The van der Waals surface area contributed by atoms with Crippen LogP contribution in [0.4, 0.5) is 0 Å². The highest BCUT2D eigenvalue weighted by Gasteiger charge is 2.23. The lowest BCUT2D eigenvalue weighted by Crippen LogP contribution is -2.01. The topological polar surface area (TPSA) is 56.7 Å². The van der Waals surface area contributed by atoms with E-state index < -0.39 is 0 Å². The summed E-state index contributed by atoms with van der Waals surface area (Å²) in [5.41, 5.74) is 7.63. The third-order valence-corrected chi connectivity index (χ3v) is 11.0. The van der Waals surface area contributed by atoms with Crippen molar-refractivity contribution in [2.24, 2.45) is 0 Å². The van der Waals surface area contributed by atoms with Crippen LogP contribution in [0.15, 0.2) is 174 Å². The second-order valence-electron chi connectivity index (χ2n) is 14.0. The van der Waals surface area contributed by atoms with E-state index in [9.17, 15) is 0 Å². The van der Waals surface area contributed by atoms with E-state index in [0.717, 1.165) is 44.3 Å². The predicted molar refractivity (Wildman–Crippen MR) is 221 cm³/mol. The summed E-state index contributed by atoms with van der Waals surface area (Å²) < 4.78 is 8.87. The minimum absolute atomic E-state index is 0.565. The SMILES string of the molecule is c1ccc(-c2nc(-c3cccc(-n4c5cccc6c7ccccc7c7c8ccccc8cc4c7c65)c3)nc(-c3cccc4c3oc3ccccc34)n2)cc1. The number of fused-ring (bicyclic) bond motifs is 8. The number of furan rings is 1. The van der Waals surface area contributed by atoms with Crippen molar-refractivity contribution in [3.8, 4) is 39.9 Å². The molecule has 9 aromatic carbocycles. The van der Waals surface area contributed by atoms with Gasteiger partial charge in [0.1, 0.15) is 11.2 Å². The zero-order valence-corrected chi connectivity index (χ0v) is 28.9. The molecule has 12 aromatic rings. The Morgan fingerprint density at radius 2 is 1.02 bits per heavy atom. The molecule has 5 heteroatoms. The zero-order valence-electron chi connectivity index (χ0n) is 28.9. The molecule has 0 aliphatic heterocycles. The fourth-order valence-electron chi connectivity index (χ4n) is 8.65. The number of rotatable bonds is 4. The van der Waals surface area contributed by atoms with Gasteiger partial charge in [-0.25, -0.2) is 15.0 Å². The van der Waals surface area contributed by atoms with Crippen LogP contribution in [0.25, 0.3) is 116 Å². The van der Waals surface area contributed by atoms with E-state index in [-0.39, 0.29) is 0 Å². The molecular weight excluding hydrogens is 661 g/mol. The van der Waals surface area contributed by atoms with Crippen molar-refractivity contribution < 1.29 is 4.42 Å². The summed E-state index contributed by atoms with van der Waals surface area (Å²) in [6.45, 7) is 0. The van der Waals surface area contributed by atoms with Gasteiger partial charge in [-0.2, -0.15) is 0 Å². The van der Waals surface area contributed by atoms with Crippen molar-refractivity contribution in [3.63, 3.8) is 0 Å². The van der Waals surface area contributed by atoms with E-state index in [0.29, 0.717) is 17.5 Å². The molecule has 3 aromatic heterocycles. The van der Waals surface area contributed by atoms with E-state index in [1.54, 1.807) is 0 Å². The first-order valence-corrected chi connectivity index (χ1v) is 18.2. The summed E-state index contributed by atoms with van der Waals surface area (Å²) in [4.78, 5) is 15.4. The summed E-state index contributed by atoms with van der Waals surface area (Å²) in [5.74, 6) is 1.77. The van der Waals surface area contributed by atoms with Gasteiger partial charge < -0.3 is 8.98 Å². The minimum Gasteiger partial charge on any atom is -0.455 e. The highest BCUT2D eigenvalue weighted by Crippen LogP contribution is 2.46. The standard InChI is InChI=1S/C49H28N4O/c1-2-13-29(14-3-1)47-50-48(52-49(51-47)39-24-11-23-38-35-20-8-9-26-42(35)54-46(38)39)31-16-10-17-32(27-31)53-40-25-12-22-37-34-19-6-7-21-36(34)43-33-18-5-4-15-30(33)28-41(53)45(43)44(37)40/h1-28H. The lowest BCUT2D eigenvalue weighted by Gasteiger charge is -2.12. The van der Waals surface area contributed by atoms with Gasteiger partial charge in [-0.1, -0.05) is 133 Å². The van der Waals surface area contributed by atoms with Gasteiger partial charge in [0.2, 0.25) is 0 Å². The van der Waals surface area contributed by atoms with Crippen molar-refractivity contribution in [2.75, 3.05) is 0 Å². The molecule has 5 nitrogen and oxygen atoms in total.